The number of carboxylic acids is 1. The van der Waals surface area contributed by atoms with E-state index in [9.17, 15) is 4.79 Å². The third kappa shape index (κ3) is 4.24. The third-order valence-corrected chi connectivity index (χ3v) is 2.71. The molecule has 0 bridgehead atoms. The van der Waals surface area contributed by atoms with Gasteiger partial charge in [0.1, 0.15) is 6.61 Å². The van der Waals surface area contributed by atoms with Crippen LogP contribution in [-0.4, -0.2) is 16.8 Å². The standard InChI is InChI=1S/C16H15NO3/c18-16(19)15(11-13-7-3-1-4-8-13)17-20-12-14-9-5-2-6-10-14/h1-10H,11-12H2,(H,18,19)/b17-15+. The summed E-state index contributed by atoms with van der Waals surface area (Å²) in [5.41, 5.74) is 1.82. The second-order valence-electron chi connectivity index (χ2n) is 4.26. The Kier molecular flexibility index (Phi) is 4.89. The van der Waals surface area contributed by atoms with Crippen LogP contribution in [0.4, 0.5) is 0 Å². The highest BCUT2D eigenvalue weighted by molar-refractivity contribution is 6.35. The van der Waals surface area contributed by atoms with Crippen LogP contribution in [0.2, 0.25) is 0 Å². The molecule has 0 unspecified atom stereocenters. The van der Waals surface area contributed by atoms with E-state index in [0.29, 0.717) is 0 Å². The monoisotopic (exact) mass is 269 g/mol. The Bertz CT molecular complexity index is 579. The largest absolute Gasteiger partial charge is 0.477 e. The number of oxime groups is 1. The van der Waals surface area contributed by atoms with Crippen molar-refractivity contribution in [1.82, 2.24) is 0 Å². The van der Waals surface area contributed by atoms with E-state index in [0.717, 1.165) is 11.1 Å². The van der Waals surface area contributed by atoms with E-state index in [1.165, 1.54) is 0 Å². The summed E-state index contributed by atoms with van der Waals surface area (Å²) in [5.74, 6) is -1.07. The number of hydrogen-bond acceptors (Lipinski definition) is 3. The minimum atomic E-state index is -1.07. The Balaban J connectivity index is 1.98. The summed E-state index contributed by atoms with van der Waals surface area (Å²) in [6.07, 6.45) is 0.241. The van der Waals surface area contributed by atoms with Crippen molar-refractivity contribution in [3.63, 3.8) is 0 Å². The van der Waals surface area contributed by atoms with Crippen LogP contribution in [-0.2, 0) is 22.7 Å². The second-order valence-corrected chi connectivity index (χ2v) is 4.26. The maximum atomic E-state index is 11.1. The van der Waals surface area contributed by atoms with Crippen molar-refractivity contribution >= 4 is 11.7 Å². The quantitative estimate of drug-likeness (QED) is 0.648. The molecule has 1 N–H and O–H groups in total. The van der Waals surface area contributed by atoms with Gasteiger partial charge in [-0.2, -0.15) is 0 Å². The van der Waals surface area contributed by atoms with Gasteiger partial charge in [0.05, 0.1) is 0 Å². The van der Waals surface area contributed by atoms with Crippen molar-refractivity contribution in [3.05, 3.63) is 71.8 Å². The molecule has 0 heterocycles. The molecule has 0 radical (unpaired) electrons. The van der Waals surface area contributed by atoms with Gasteiger partial charge in [0.15, 0.2) is 5.71 Å². The fraction of sp³-hybridized carbons (Fsp3) is 0.125. The average Bonchev–Trinajstić information content (AvgIpc) is 2.48. The summed E-state index contributed by atoms with van der Waals surface area (Å²) in [7, 11) is 0. The lowest BCUT2D eigenvalue weighted by Gasteiger charge is -2.03. The van der Waals surface area contributed by atoms with Gasteiger partial charge in [-0.05, 0) is 11.1 Å². The summed E-state index contributed by atoms with van der Waals surface area (Å²) >= 11 is 0. The van der Waals surface area contributed by atoms with Gasteiger partial charge in [0, 0.05) is 6.42 Å². The third-order valence-electron chi connectivity index (χ3n) is 2.71. The first kappa shape index (κ1) is 13.8. The fourth-order valence-electron chi connectivity index (χ4n) is 1.70. The summed E-state index contributed by atoms with van der Waals surface area (Å²) in [6.45, 7) is 0.256. The second kappa shape index (κ2) is 7.09. The Morgan fingerprint density at radius 3 is 2.05 bits per heavy atom. The maximum Gasteiger partial charge on any atom is 0.354 e. The lowest BCUT2D eigenvalue weighted by molar-refractivity contribution is -0.129. The van der Waals surface area contributed by atoms with E-state index in [1.54, 1.807) is 0 Å². The van der Waals surface area contributed by atoms with Crippen LogP contribution in [0.25, 0.3) is 0 Å². The number of rotatable bonds is 6. The first-order valence-electron chi connectivity index (χ1n) is 6.25. The number of carbonyl (C=O) groups is 1. The molecule has 102 valence electrons. The molecule has 0 aromatic heterocycles. The van der Waals surface area contributed by atoms with E-state index < -0.39 is 5.97 Å². The predicted molar refractivity (Wildman–Crippen MR) is 76.4 cm³/mol. The van der Waals surface area contributed by atoms with E-state index in [4.69, 9.17) is 9.94 Å². The van der Waals surface area contributed by atoms with Crippen LogP contribution in [0.3, 0.4) is 0 Å². The van der Waals surface area contributed by atoms with Gasteiger partial charge in [0.2, 0.25) is 0 Å². The van der Waals surface area contributed by atoms with Crippen LogP contribution in [0.5, 0.6) is 0 Å². The van der Waals surface area contributed by atoms with Crippen LogP contribution < -0.4 is 0 Å². The van der Waals surface area contributed by atoms with Crippen molar-refractivity contribution in [2.24, 2.45) is 5.16 Å². The molecule has 0 atom stereocenters. The summed E-state index contributed by atoms with van der Waals surface area (Å²) < 4.78 is 0. The fourth-order valence-corrected chi connectivity index (χ4v) is 1.70. The van der Waals surface area contributed by atoms with Crippen molar-refractivity contribution in [2.45, 2.75) is 13.0 Å². The Hall–Kier alpha value is -2.62. The molecule has 4 heteroatoms. The van der Waals surface area contributed by atoms with Gasteiger partial charge in [0.25, 0.3) is 0 Å². The first-order chi connectivity index (χ1) is 9.75. The molecular weight excluding hydrogens is 254 g/mol. The highest BCUT2D eigenvalue weighted by Crippen LogP contribution is 2.04. The highest BCUT2D eigenvalue weighted by atomic mass is 16.6. The Morgan fingerprint density at radius 2 is 1.50 bits per heavy atom. The smallest absolute Gasteiger partial charge is 0.354 e. The molecule has 0 saturated carbocycles. The minimum absolute atomic E-state index is 0.00729. The molecule has 4 nitrogen and oxygen atoms in total. The van der Waals surface area contributed by atoms with Gasteiger partial charge in [-0.1, -0.05) is 65.8 Å². The molecule has 0 saturated heterocycles. The molecule has 0 fully saturated rings. The number of carboxylic acid groups (broad SMARTS) is 1. The molecule has 0 spiro atoms. The molecule has 0 amide bonds. The first-order valence-corrected chi connectivity index (χ1v) is 6.25. The normalized spacial score (nSPS) is 11.1. The molecule has 2 aromatic rings. The van der Waals surface area contributed by atoms with Crippen LogP contribution in [0.15, 0.2) is 65.8 Å². The Labute approximate surface area is 117 Å². The molecule has 0 aliphatic carbocycles. The van der Waals surface area contributed by atoms with E-state index >= 15 is 0 Å². The van der Waals surface area contributed by atoms with Crippen molar-refractivity contribution in [2.75, 3.05) is 0 Å². The van der Waals surface area contributed by atoms with Gasteiger partial charge < -0.3 is 9.94 Å². The average molecular weight is 269 g/mol. The van der Waals surface area contributed by atoms with Crippen LogP contribution >= 0.6 is 0 Å². The number of hydrogen-bond donors (Lipinski definition) is 1. The number of nitrogens with zero attached hydrogens (tertiary/aromatic N) is 1. The van der Waals surface area contributed by atoms with Crippen molar-refractivity contribution in [3.8, 4) is 0 Å². The predicted octanol–water partition coefficient (Wildman–Crippen LogP) is 2.89. The highest BCUT2D eigenvalue weighted by Gasteiger charge is 2.11. The van der Waals surface area contributed by atoms with E-state index in [1.807, 2.05) is 60.7 Å². The molecular formula is C16H15NO3. The topological polar surface area (TPSA) is 58.9 Å². The lowest BCUT2D eigenvalue weighted by Crippen LogP contribution is -2.16. The van der Waals surface area contributed by atoms with Crippen LogP contribution in [0.1, 0.15) is 11.1 Å². The van der Waals surface area contributed by atoms with Crippen molar-refractivity contribution in [1.29, 1.82) is 0 Å². The molecule has 0 aliphatic rings. The Morgan fingerprint density at radius 1 is 0.950 bits per heavy atom. The lowest BCUT2D eigenvalue weighted by atomic mass is 10.1. The summed E-state index contributed by atoms with van der Waals surface area (Å²) in [4.78, 5) is 16.3. The van der Waals surface area contributed by atoms with Crippen molar-refractivity contribution < 1.29 is 14.7 Å². The maximum absolute atomic E-state index is 11.1. The molecule has 2 rings (SSSR count). The van der Waals surface area contributed by atoms with Gasteiger partial charge >= 0.3 is 5.97 Å². The van der Waals surface area contributed by atoms with Gasteiger partial charge in [-0.25, -0.2) is 4.79 Å². The minimum Gasteiger partial charge on any atom is -0.477 e. The van der Waals surface area contributed by atoms with Gasteiger partial charge in [-0.15, -0.1) is 0 Å². The summed E-state index contributed by atoms with van der Waals surface area (Å²) in [6, 6.07) is 18.8. The summed E-state index contributed by atoms with van der Waals surface area (Å²) in [5, 5.41) is 12.9. The number of aliphatic carboxylic acids is 1. The molecule has 0 aliphatic heterocycles. The molecule has 20 heavy (non-hydrogen) atoms. The zero-order valence-electron chi connectivity index (χ0n) is 10.9. The van der Waals surface area contributed by atoms with Crippen LogP contribution in [0, 0.1) is 0 Å². The van der Waals surface area contributed by atoms with E-state index in [2.05, 4.69) is 5.16 Å². The SMILES string of the molecule is O=C(O)/C(Cc1ccccc1)=N/OCc1ccccc1. The zero-order chi connectivity index (χ0) is 14.2. The zero-order valence-corrected chi connectivity index (χ0v) is 10.9. The molecule has 2 aromatic carbocycles. The van der Waals surface area contributed by atoms with Gasteiger partial charge in [-0.3, -0.25) is 0 Å². The van der Waals surface area contributed by atoms with E-state index in [-0.39, 0.29) is 18.7 Å². The number of benzene rings is 2.